The van der Waals surface area contributed by atoms with Crippen LogP contribution in [0.25, 0.3) is 0 Å². The number of nitrogens with zero attached hydrogens (tertiary/aromatic N) is 2. The van der Waals surface area contributed by atoms with Crippen molar-refractivity contribution in [2.75, 3.05) is 32.0 Å². The number of halogens is 1. The molecule has 0 spiro atoms. The number of ether oxygens (including phenoxy) is 1. The third-order valence-corrected chi connectivity index (χ3v) is 4.18. The second kappa shape index (κ2) is 5.85. The molecule has 0 amide bonds. The molecule has 1 aliphatic rings. The van der Waals surface area contributed by atoms with Crippen molar-refractivity contribution < 1.29 is 9.66 Å². The van der Waals surface area contributed by atoms with Gasteiger partial charge in [-0.05, 0) is 12.5 Å². The van der Waals surface area contributed by atoms with Crippen LogP contribution in [0.4, 0.5) is 11.4 Å². The van der Waals surface area contributed by atoms with Gasteiger partial charge >= 0.3 is 0 Å². The van der Waals surface area contributed by atoms with Gasteiger partial charge in [-0.3, -0.25) is 15.0 Å². The SMILES string of the molecule is Cc1c(Br)cc([N+](=O)[O-])c(N)c1CN1CCOCC1. The molecule has 1 aromatic carbocycles. The van der Waals surface area contributed by atoms with Gasteiger partial charge in [0.25, 0.3) is 5.69 Å². The molecule has 1 fully saturated rings. The number of nitro benzene ring substituents is 1. The first kappa shape index (κ1) is 14.2. The van der Waals surface area contributed by atoms with Gasteiger partial charge in [0, 0.05) is 35.7 Å². The minimum absolute atomic E-state index is 0.0410. The Labute approximate surface area is 119 Å². The first-order chi connectivity index (χ1) is 9.00. The lowest BCUT2D eigenvalue weighted by molar-refractivity contribution is -0.384. The van der Waals surface area contributed by atoms with E-state index >= 15 is 0 Å². The van der Waals surface area contributed by atoms with Crippen LogP contribution in [0.15, 0.2) is 10.5 Å². The highest BCUT2D eigenvalue weighted by molar-refractivity contribution is 9.10. The number of nitro groups is 1. The van der Waals surface area contributed by atoms with Crippen molar-refractivity contribution in [1.82, 2.24) is 4.90 Å². The lowest BCUT2D eigenvalue weighted by Gasteiger charge is -2.27. The maximum absolute atomic E-state index is 11.0. The number of morpholine rings is 1. The highest BCUT2D eigenvalue weighted by atomic mass is 79.9. The number of benzene rings is 1. The van der Waals surface area contributed by atoms with Gasteiger partial charge in [-0.25, -0.2) is 0 Å². The summed E-state index contributed by atoms with van der Waals surface area (Å²) in [5.41, 5.74) is 7.95. The van der Waals surface area contributed by atoms with Crippen LogP contribution in [0.1, 0.15) is 11.1 Å². The lowest BCUT2D eigenvalue weighted by atomic mass is 10.0. The second-order valence-corrected chi connectivity index (χ2v) is 5.39. The average Bonchev–Trinajstić information content (AvgIpc) is 2.40. The zero-order valence-corrected chi connectivity index (χ0v) is 12.3. The molecule has 0 bridgehead atoms. The highest BCUT2D eigenvalue weighted by Crippen LogP contribution is 2.34. The van der Waals surface area contributed by atoms with E-state index in [1.165, 1.54) is 6.07 Å². The number of nitrogen functional groups attached to an aromatic ring is 1. The van der Waals surface area contributed by atoms with Crippen molar-refractivity contribution in [3.8, 4) is 0 Å². The van der Waals surface area contributed by atoms with Crippen molar-refractivity contribution in [3.63, 3.8) is 0 Å². The van der Waals surface area contributed by atoms with Crippen LogP contribution >= 0.6 is 15.9 Å². The Kier molecular flexibility index (Phi) is 4.38. The first-order valence-corrected chi connectivity index (χ1v) is 6.82. The molecular formula is C12H16BrN3O3. The van der Waals surface area contributed by atoms with E-state index in [1.807, 2.05) is 6.92 Å². The summed E-state index contributed by atoms with van der Waals surface area (Å²) in [4.78, 5) is 12.8. The van der Waals surface area contributed by atoms with E-state index in [2.05, 4.69) is 20.8 Å². The number of nitrogens with two attached hydrogens (primary N) is 1. The van der Waals surface area contributed by atoms with Crippen molar-refractivity contribution in [2.45, 2.75) is 13.5 Å². The summed E-state index contributed by atoms with van der Waals surface area (Å²) in [6.07, 6.45) is 0. The molecule has 0 aromatic heterocycles. The summed E-state index contributed by atoms with van der Waals surface area (Å²) < 4.78 is 6.01. The molecule has 0 aliphatic carbocycles. The molecule has 7 heteroatoms. The standard InChI is InChI=1S/C12H16BrN3O3/c1-8-9(7-15-2-4-19-5-3-15)12(14)11(16(17)18)6-10(8)13/h6H,2-5,7,14H2,1H3. The summed E-state index contributed by atoms with van der Waals surface area (Å²) in [6.45, 7) is 5.55. The molecule has 1 aliphatic heterocycles. The zero-order valence-electron chi connectivity index (χ0n) is 10.7. The van der Waals surface area contributed by atoms with E-state index in [4.69, 9.17) is 10.5 Å². The van der Waals surface area contributed by atoms with Gasteiger partial charge < -0.3 is 10.5 Å². The van der Waals surface area contributed by atoms with Crippen molar-refractivity contribution in [3.05, 3.63) is 31.8 Å². The normalized spacial score (nSPS) is 16.5. The van der Waals surface area contributed by atoms with Gasteiger partial charge in [0.2, 0.25) is 0 Å². The maximum atomic E-state index is 11.0. The van der Waals surface area contributed by atoms with E-state index in [0.29, 0.717) is 19.8 Å². The smallest absolute Gasteiger partial charge is 0.293 e. The number of rotatable bonds is 3. The fourth-order valence-electron chi connectivity index (χ4n) is 2.14. The number of anilines is 1. The predicted molar refractivity (Wildman–Crippen MR) is 76.0 cm³/mol. The van der Waals surface area contributed by atoms with Gasteiger partial charge in [0.15, 0.2) is 0 Å². The van der Waals surface area contributed by atoms with Crippen LogP contribution in [0.3, 0.4) is 0 Å². The third-order valence-electron chi connectivity index (χ3n) is 3.36. The minimum Gasteiger partial charge on any atom is -0.393 e. The number of hydrogen-bond acceptors (Lipinski definition) is 5. The average molecular weight is 330 g/mol. The quantitative estimate of drug-likeness (QED) is 0.521. The van der Waals surface area contributed by atoms with Crippen molar-refractivity contribution in [1.29, 1.82) is 0 Å². The Hall–Kier alpha value is -1.18. The van der Waals surface area contributed by atoms with Gasteiger partial charge in [-0.1, -0.05) is 15.9 Å². The van der Waals surface area contributed by atoms with E-state index in [9.17, 15) is 10.1 Å². The highest BCUT2D eigenvalue weighted by Gasteiger charge is 2.22. The van der Waals surface area contributed by atoms with Gasteiger partial charge in [0.1, 0.15) is 5.69 Å². The van der Waals surface area contributed by atoms with Crippen LogP contribution in [0, 0.1) is 17.0 Å². The zero-order chi connectivity index (χ0) is 14.0. The molecule has 6 nitrogen and oxygen atoms in total. The molecule has 2 rings (SSSR count). The van der Waals surface area contributed by atoms with Crippen LogP contribution in [0.5, 0.6) is 0 Å². The Morgan fingerprint density at radius 2 is 2.16 bits per heavy atom. The Bertz CT molecular complexity index is 501. The maximum Gasteiger partial charge on any atom is 0.293 e. The fourth-order valence-corrected chi connectivity index (χ4v) is 2.60. The molecular weight excluding hydrogens is 314 g/mol. The van der Waals surface area contributed by atoms with Gasteiger partial charge in [-0.15, -0.1) is 0 Å². The Balaban J connectivity index is 2.34. The lowest BCUT2D eigenvalue weighted by Crippen LogP contribution is -2.36. The molecule has 0 atom stereocenters. The van der Waals surface area contributed by atoms with Crippen LogP contribution < -0.4 is 5.73 Å². The van der Waals surface area contributed by atoms with Gasteiger partial charge in [-0.2, -0.15) is 0 Å². The molecule has 0 saturated carbocycles. The first-order valence-electron chi connectivity index (χ1n) is 6.02. The second-order valence-electron chi connectivity index (χ2n) is 4.54. The molecule has 1 saturated heterocycles. The summed E-state index contributed by atoms with van der Waals surface area (Å²) in [5, 5.41) is 11.0. The fraction of sp³-hybridized carbons (Fsp3) is 0.500. The summed E-state index contributed by atoms with van der Waals surface area (Å²) >= 11 is 3.36. The molecule has 19 heavy (non-hydrogen) atoms. The molecule has 0 radical (unpaired) electrons. The number of hydrogen-bond donors (Lipinski definition) is 1. The van der Waals surface area contributed by atoms with E-state index < -0.39 is 4.92 Å². The minimum atomic E-state index is -0.442. The van der Waals surface area contributed by atoms with E-state index in [-0.39, 0.29) is 11.4 Å². The Morgan fingerprint density at radius 3 is 2.74 bits per heavy atom. The molecule has 1 aromatic rings. The molecule has 104 valence electrons. The predicted octanol–water partition coefficient (Wildman–Crippen LogP) is 2.08. The monoisotopic (exact) mass is 329 g/mol. The van der Waals surface area contributed by atoms with Gasteiger partial charge in [0.05, 0.1) is 18.1 Å². The summed E-state index contributed by atoms with van der Waals surface area (Å²) in [7, 11) is 0. The molecule has 1 heterocycles. The topological polar surface area (TPSA) is 81.6 Å². The van der Waals surface area contributed by atoms with E-state index in [0.717, 1.165) is 28.7 Å². The largest absolute Gasteiger partial charge is 0.393 e. The van der Waals surface area contributed by atoms with Crippen LogP contribution in [0.2, 0.25) is 0 Å². The Morgan fingerprint density at radius 1 is 1.53 bits per heavy atom. The van der Waals surface area contributed by atoms with Crippen molar-refractivity contribution in [2.24, 2.45) is 0 Å². The van der Waals surface area contributed by atoms with Crippen molar-refractivity contribution >= 4 is 27.3 Å². The molecule has 2 N–H and O–H groups in total. The summed E-state index contributed by atoms with van der Waals surface area (Å²) in [5.74, 6) is 0. The van der Waals surface area contributed by atoms with Crippen LogP contribution in [-0.2, 0) is 11.3 Å². The summed E-state index contributed by atoms with van der Waals surface area (Å²) in [6, 6.07) is 1.47. The third kappa shape index (κ3) is 3.05. The van der Waals surface area contributed by atoms with E-state index in [1.54, 1.807) is 0 Å². The van der Waals surface area contributed by atoms with Crippen LogP contribution in [-0.4, -0.2) is 36.1 Å². The molecule has 0 unspecified atom stereocenters.